The van der Waals surface area contributed by atoms with Crippen molar-refractivity contribution in [3.05, 3.63) is 83.1 Å². The number of rotatable bonds is 6. The van der Waals surface area contributed by atoms with Gasteiger partial charge in [0.1, 0.15) is 5.75 Å². The lowest BCUT2D eigenvalue weighted by Gasteiger charge is -2.31. The maximum atomic E-state index is 13.0. The summed E-state index contributed by atoms with van der Waals surface area (Å²) in [4.78, 5) is 44.0. The van der Waals surface area contributed by atoms with Crippen LogP contribution < -0.4 is 15.4 Å². The van der Waals surface area contributed by atoms with Crippen molar-refractivity contribution in [2.24, 2.45) is 5.92 Å². The van der Waals surface area contributed by atoms with Gasteiger partial charge in [-0.15, -0.1) is 0 Å². The number of piperidine rings is 1. The van der Waals surface area contributed by atoms with Gasteiger partial charge < -0.3 is 20.3 Å². The van der Waals surface area contributed by atoms with Crippen molar-refractivity contribution in [1.82, 2.24) is 9.88 Å². The number of nitrogens with zero attached hydrogens (tertiary/aromatic N) is 2. The van der Waals surface area contributed by atoms with Crippen LogP contribution in [0, 0.1) is 5.92 Å². The van der Waals surface area contributed by atoms with E-state index in [0.29, 0.717) is 59.2 Å². The second kappa shape index (κ2) is 11.0. The summed E-state index contributed by atoms with van der Waals surface area (Å²) in [6.45, 7) is 0.891. The summed E-state index contributed by atoms with van der Waals surface area (Å²) in [5, 5.41) is 6.16. The van der Waals surface area contributed by atoms with Crippen LogP contribution in [0.25, 0.3) is 0 Å². The van der Waals surface area contributed by atoms with E-state index < -0.39 is 0 Å². The van der Waals surface area contributed by atoms with Crippen LogP contribution in [0.15, 0.2) is 67.0 Å². The van der Waals surface area contributed by atoms with E-state index in [1.807, 2.05) is 0 Å². The average molecular weight is 493 g/mol. The number of amides is 3. The average Bonchev–Trinajstić information content (AvgIpc) is 2.89. The van der Waals surface area contributed by atoms with Gasteiger partial charge in [0, 0.05) is 53.4 Å². The highest BCUT2D eigenvalue weighted by Crippen LogP contribution is 2.27. The Morgan fingerprint density at radius 2 is 1.71 bits per heavy atom. The molecule has 2 N–H and O–H groups in total. The van der Waals surface area contributed by atoms with E-state index in [1.165, 1.54) is 7.11 Å². The van der Waals surface area contributed by atoms with Gasteiger partial charge in [-0.2, -0.15) is 0 Å². The lowest BCUT2D eigenvalue weighted by Crippen LogP contribution is -2.41. The molecule has 2 heterocycles. The number of methoxy groups -OCH3 is 1. The van der Waals surface area contributed by atoms with Crippen molar-refractivity contribution in [1.29, 1.82) is 0 Å². The molecule has 0 saturated carbocycles. The van der Waals surface area contributed by atoms with Gasteiger partial charge >= 0.3 is 0 Å². The molecule has 35 heavy (non-hydrogen) atoms. The molecule has 3 aromatic rings. The van der Waals surface area contributed by atoms with Crippen molar-refractivity contribution in [2.45, 2.75) is 12.8 Å². The second-order valence-electron chi connectivity index (χ2n) is 8.17. The SMILES string of the molecule is COc1ccc(Cl)cc1C(=O)N1CCC(C(=O)Nc2cccc(C(=O)Nc3ccncc3)c2)CC1. The fraction of sp³-hybridized carbons (Fsp3) is 0.231. The Labute approximate surface area is 208 Å². The Kier molecular flexibility index (Phi) is 7.62. The molecule has 0 bridgehead atoms. The van der Waals surface area contributed by atoms with Crippen molar-refractivity contribution >= 4 is 40.7 Å². The maximum absolute atomic E-state index is 13.0. The van der Waals surface area contributed by atoms with Gasteiger partial charge in [0.2, 0.25) is 5.91 Å². The van der Waals surface area contributed by atoms with Crippen LogP contribution >= 0.6 is 11.6 Å². The summed E-state index contributed by atoms with van der Waals surface area (Å²) in [7, 11) is 1.51. The zero-order valence-corrected chi connectivity index (χ0v) is 19.9. The van der Waals surface area contributed by atoms with Crippen molar-refractivity contribution in [2.75, 3.05) is 30.8 Å². The molecule has 2 aromatic carbocycles. The van der Waals surface area contributed by atoms with Crippen LogP contribution in [0.3, 0.4) is 0 Å². The molecule has 8 nitrogen and oxygen atoms in total. The van der Waals surface area contributed by atoms with Crippen molar-refractivity contribution in [3.63, 3.8) is 0 Å². The highest BCUT2D eigenvalue weighted by molar-refractivity contribution is 6.31. The monoisotopic (exact) mass is 492 g/mol. The molecule has 9 heteroatoms. The zero-order chi connectivity index (χ0) is 24.8. The van der Waals surface area contributed by atoms with Crippen LogP contribution in [0.2, 0.25) is 5.02 Å². The first-order chi connectivity index (χ1) is 16.9. The number of nitrogens with one attached hydrogen (secondary N) is 2. The summed E-state index contributed by atoms with van der Waals surface area (Å²) in [6, 6.07) is 15.1. The molecule has 1 aliphatic rings. The Hall–Kier alpha value is -3.91. The number of pyridine rings is 1. The van der Waals surface area contributed by atoms with Crippen molar-refractivity contribution < 1.29 is 19.1 Å². The highest BCUT2D eigenvalue weighted by Gasteiger charge is 2.29. The first-order valence-electron chi connectivity index (χ1n) is 11.2. The van der Waals surface area contributed by atoms with Crippen LogP contribution in [-0.2, 0) is 4.79 Å². The van der Waals surface area contributed by atoms with E-state index >= 15 is 0 Å². The molecule has 0 atom stereocenters. The maximum Gasteiger partial charge on any atom is 0.257 e. The molecule has 180 valence electrons. The van der Waals surface area contributed by atoms with Crippen LogP contribution in [0.1, 0.15) is 33.6 Å². The third kappa shape index (κ3) is 5.96. The molecule has 0 spiro atoms. The van der Waals surface area contributed by atoms with E-state index in [1.54, 1.807) is 71.9 Å². The minimum Gasteiger partial charge on any atom is -0.496 e. The number of benzene rings is 2. The smallest absolute Gasteiger partial charge is 0.257 e. The van der Waals surface area contributed by atoms with E-state index in [2.05, 4.69) is 15.6 Å². The van der Waals surface area contributed by atoms with Gasteiger partial charge in [-0.3, -0.25) is 19.4 Å². The number of carbonyl (C=O) groups excluding carboxylic acids is 3. The third-order valence-corrected chi connectivity index (χ3v) is 6.11. The first-order valence-corrected chi connectivity index (χ1v) is 11.6. The number of anilines is 2. The molecule has 1 fully saturated rings. The fourth-order valence-electron chi connectivity index (χ4n) is 3.98. The van der Waals surface area contributed by atoms with E-state index in [-0.39, 0.29) is 23.6 Å². The summed E-state index contributed by atoms with van der Waals surface area (Å²) >= 11 is 6.06. The van der Waals surface area contributed by atoms with Crippen LogP contribution in [-0.4, -0.2) is 47.8 Å². The minimum atomic E-state index is -0.282. The first kappa shape index (κ1) is 24.2. The number of halogens is 1. The summed E-state index contributed by atoms with van der Waals surface area (Å²) < 4.78 is 5.30. The summed E-state index contributed by atoms with van der Waals surface area (Å²) in [5.41, 5.74) is 2.01. The highest BCUT2D eigenvalue weighted by atomic mass is 35.5. The van der Waals surface area contributed by atoms with Gasteiger partial charge in [0.15, 0.2) is 0 Å². The number of hydrogen-bond donors (Lipinski definition) is 2. The van der Waals surface area contributed by atoms with E-state index in [0.717, 1.165) is 0 Å². The molecule has 1 aliphatic heterocycles. The molecule has 0 aliphatic carbocycles. The Morgan fingerprint density at radius 3 is 2.43 bits per heavy atom. The van der Waals surface area contributed by atoms with Crippen LogP contribution in [0.4, 0.5) is 11.4 Å². The lowest BCUT2D eigenvalue weighted by molar-refractivity contribution is -0.121. The second-order valence-corrected chi connectivity index (χ2v) is 8.61. The van der Waals surface area contributed by atoms with E-state index in [9.17, 15) is 14.4 Å². The number of carbonyl (C=O) groups is 3. The predicted octanol–water partition coefficient (Wildman–Crippen LogP) is 4.49. The fourth-order valence-corrected chi connectivity index (χ4v) is 4.16. The van der Waals surface area contributed by atoms with Crippen molar-refractivity contribution in [3.8, 4) is 5.75 Å². The number of aromatic nitrogens is 1. The Morgan fingerprint density at radius 1 is 0.971 bits per heavy atom. The summed E-state index contributed by atoms with van der Waals surface area (Å²) in [5.74, 6) is -0.363. The molecule has 1 saturated heterocycles. The Balaban J connectivity index is 1.34. The molecule has 0 unspecified atom stereocenters. The van der Waals surface area contributed by atoms with Gasteiger partial charge in [0.25, 0.3) is 11.8 Å². The van der Waals surface area contributed by atoms with Gasteiger partial charge in [-0.25, -0.2) is 0 Å². The molecule has 0 radical (unpaired) electrons. The Bertz CT molecular complexity index is 1230. The molecular weight excluding hydrogens is 468 g/mol. The van der Waals surface area contributed by atoms with E-state index in [4.69, 9.17) is 16.3 Å². The third-order valence-electron chi connectivity index (χ3n) is 5.88. The van der Waals surface area contributed by atoms with Crippen LogP contribution in [0.5, 0.6) is 5.75 Å². The van der Waals surface area contributed by atoms with Gasteiger partial charge in [0.05, 0.1) is 12.7 Å². The number of hydrogen-bond acceptors (Lipinski definition) is 5. The largest absolute Gasteiger partial charge is 0.496 e. The van der Waals surface area contributed by atoms with Gasteiger partial charge in [-0.1, -0.05) is 17.7 Å². The lowest BCUT2D eigenvalue weighted by atomic mass is 9.95. The molecule has 4 rings (SSSR count). The topological polar surface area (TPSA) is 101 Å². The number of ether oxygens (including phenoxy) is 1. The number of likely N-dealkylation sites (tertiary alicyclic amines) is 1. The quantitative estimate of drug-likeness (QED) is 0.528. The minimum absolute atomic E-state index is 0.135. The van der Waals surface area contributed by atoms with Gasteiger partial charge in [-0.05, 0) is 61.4 Å². The molecule has 3 amide bonds. The standard InChI is InChI=1S/C26H25ClN4O4/c1-35-23-6-5-19(27)16-22(23)26(34)31-13-9-17(10-14-31)24(32)30-21-4-2-3-18(15-21)25(33)29-20-7-11-28-12-8-20/h2-8,11-12,15-17H,9-10,13-14H2,1H3,(H,30,32)(H,28,29,33). The zero-order valence-electron chi connectivity index (χ0n) is 19.2. The molecular formula is C26H25ClN4O4. The summed E-state index contributed by atoms with van der Waals surface area (Å²) in [6.07, 6.45) is 4.25. The molecule has 1 aromatic heterocycles. The predicted molar refractivity (Wildman–Crippen MR) is 134 cm³/mol. The normalized spacial score (nSPS) is 13.7.